The summed E-state index contributed by atoms with van der Waals surface area (Å²) >= 11 is 0. The number of nitrogens with two attached hydrogens (primary N) is 1. The lowest BCUT2D eigenvalue weighted by atomic mass is 9.78. The third-order valence-corrected chi connectivity index (χ3v) is 3.71. The van der Waals surface area contributed by atoms with Crippen molar-refractivity contribution in [3.63, 3.8) is 0 Å². The first-order valence-corrected chi connectivity index (χ1v) is 5.79. The molecule has 16 heavy (non-hydrogen) atoms. The molecule has 0 unspecified atom stereocenters. The van der Waals surface area contributed by atoms with Crippen LogP contribution in [0.4, 0.5) is 0 Å². The number of ether oxygens (including phenoxy) is 1. The maximum Gasteiger partial charge on any atom is 0.122 e. The Morgan fingerprint density at radius 1 is 1.38 bits per heavy atom. The summed E-state index contributed by atoms with van der Waals surface area (Å²) in [4.78, 5) is 0. The van der Waals surface area contributed by atoms with Gasteiger partial charge >= 0.3 is 0 Å². The van der Waals surface area contributed by atoms with Gasteiger partial charge in [0.15, 0.2) is 0 Å². The molecule has 0 heterocycles. The molecular weight excluding hydrogens is 202 g/mol. The highest BCUT2D eigenvalue weighted by Crippen LogP contribution is 2.44. The van der Waals surface area contributed by atoms with Gasteiger partial charge in [-0.2, -0.15) is 0 Å². The first-order valence-electron chi connectivity index (χ1n) is 5.79. The zero-order valence-electron chi connectivity index (χ0n) is 9.70. The van der Waals surface area contributed by atoms with Gasteiger partial charge in [-0.25, -0.2) is 0 Å². The largest absolute Gasteiger partial charge is 0.508 e. The van der Waals surface area contributed by atoms with E-state index in [2.05, 4.69) is 0 Å². The maximum atomic E-state index is 9.61. The van der Waals surface area contributed by atoms with Crippen LogP contribution in [0.2, 0.25) is 0 Å². The molecule has 3 heteroatoms. The molecule has 1 fully saturated rings. The SMILES string of the molecule is COc1ccc(O)cc1C1(CN)CCCC1. The van der Waals surface area contributed by atoms with Gasteiger partial charge in [-0.1, -0.05) is 12.8 Å². The zero-order valence-corrected chi connectivity index (χ0v) is 9.70. The number of rotatable bonds is 3. The van der Waals surface area contributed by atoms with E-state index in [1.165, 1.54) is 12.8 Å². The van der Waals surface area contributed by atoms with Gasteiger partial charge < -0.3 is 15.6 Å². The third kappa shape index (κ3) is 1.76. The van der Waals surface area contributed by atoms with Crippen LogP contribution in [0.25, 0.3) is 0 Å². The Labute approximate surface area is 96.2 Å². The van der Waals surface area contributed by atoms with Crippen LogP contribution in [0.5, 0.6) is 11.5 Å². The Hall–Kier alpha value is -1.22. The molecule has 0 atom stereocenters. The van der Waals surface area contributed by atoms with Crippen LogP contribution in [0.1, 0.15) is 31.2 Å². The second-order valence-electron chi connectivity index (χ2n) is 4.58. The van der Waals surface area contributed by atoms with Crippen LogP contribution >= 0.6 is 0 Å². The second-order valence-corrected chi connectivity index (χ2v) is 4.58. The van der Waals surface area contributed by atoms with E-state index >= 15 is 0 Å². The Bertz CT molecular complexity index is 370. The van der Waals surface area contributed by atoms with Crippen LogP contribution < -0.4 is 10.5 Å². The van der Waals surface area contributed by atoms with Gasteiger partial charge in [-0.3, -0.25) is 0 Å². The van der Waals surface area contributed by atoms with Crippen molar-refractivity contribution in [1.82, 2.24) is 0 Å². The average molecular weight is 221 g/mol. The van der Waals surface area contributed by atoms with Crippen molar-refractivity contribution in [3.8, 4) is 11.5 Å². The molecule has 0 bridgehead atoms. The molecule has 0 amide bonds. The first-order chi connectivity index (χ1) is 7.72. The minimum atomic E-state index is 0.00405. The molecule has 1 aliphatic carbocycles. The van der Waals surface area contributed by atoms with Gasteiger partial charge in [-0.15, -0.1) is 0 Å². The normalized spacial score (nSPS) is 18.6. The first kappa shape index (κ1) is 11.3. The topological polar surface area (TPSA) is 55.5 Å². The molecule has 3 N–H and O–H groups in total. The highest BCUT2D eigenvalue weighted by atomic mass is 16.5. The van der Waals surface area contributed by atoms with Crippen molar-refractivity contribution in [1.29, 1.82) is 0 Å². The van der Waals surface area contributed by atoms with E-state index in [4.69, 9.17) is 10.5 Å². The number of phenolic OH excluding ortho intramolecular Hbond substituents is 1. The van der Waals surface area contributed by atoms with E-state index in [1.54, 1.807) is 19.2 Å². The summed E-state index contributed by atoms with van der Waals surface area (Å²) in [6.45, 7) is 0.618. The fraction of sp³-hybridized carbons (Fsp3) is 0.538. The minimum Gasteiger partial charge on any atom is -0.508 e. The molecule has 1 saturated carbocycles. The van der Waals surface area contributed by atoms with Crippen molar-refractivity contribution < 1.29 is 9.84 Å². The van der Waals surface area contributed by atoms with Gasteiger partial charge in [-0.05, 0) is 31.0 Å². The van der Waals surface area contributed by atoms with Crippen LogP contribution in [-0.4, -0.2) is 18.8 Å². The standard InChI is InChI=1S/C13H19NO2/c1-16-12-5-4-10(15)8-11(12)13(9-14)6-2-3-7-13/h4-5,8,15H,2-3,6-7,9,14H2,1H3. The second kappa shape index (κ2) is 4.34. The number of hydrogen-bond donors (Lipinski definition) is 2. The summed E-state index contributed by atoms with van der Waals surface area (Å²) in [5.74, 6) is 1.13. The molecule has 3 nitrogen and oxygen atoms in total. The van der Waals surface area contributed by atoms with E-state index in [9.17, 15) is 5.11 Å². The van der Waals surface area contributed by atoms with Gasteiger partial charge in [0.1, 0.15) is 11.5 Å². The molecule has 0 radical (unpaired) electrons. The van der Waals surface area contributed by atoms with Crippen LogP contribution in [-0.2, 0) is 5.41 Å². The van der Waals surface area contributed by atoms with Gasteiger partial charge in [0, 0.05) is 17.5 Å². The predicted molar refractivity (Wildman–Crippen MR) is 63.9 cm³/mol. The molecule has 1 aliphatic rings. The van der Waals surface area contributed by atoms with Crippen molar-refractivity contribution in [2.75, 3.05) is 13.7 Å². The van der Waals surface area contributed by atoms with Crippen LogP contribution in [0.15, 0.2) is 18.2 Å². The van der Waals surface area contributed by atoms with Crippen LogP contribution in [0.3, 0.4) is 0 Å². The lowest BCUT2D eigenvalue weighted by molar-refractivity contribution is 0.374. The molecule has 0 aliphatic heterocycles. The molecule has 2 rings (SSSR count). The number of benzene rings is 1. The van der Waals surface area contributed by atoms with E-state index in [0.717, 1.165) is 24.2 Å². The molecule has 88 valence electrons. The molecule has 1 aromatic carbocycles. The van der Waals surface area contributed by atoms with Crippen LogP contribution in [0, 0.1) is 0 Å². The van der Waals surface area contributed by atoms with Crippen molar-refractivity contribution in [3.05, 3.63) is 23.8 Å². The average Bonchev–Trinajstić information content (AvgIpc) is 2.78. The fourth-order valence-electron chi connectivity index (χ4n) is 2.75. The van der Waals surface area contributed by atoms with E-state index in [0.29, 0.717) is 6.54 Å². The summed E-state index contributed by atoms with van der Waals surface area (Å²) in [5.41, 5.74) is 7.01. The summed E-state index contributed by atoms with van der Waals surface area (Å²) in [7, 11) is 1.66. The highest BCUT2D eigenvalue weighted by molar-refractivity contribution is 5.45. The van der Waals surface area contributed by atoms with Crippen molar-refractivity contribution in [2.45, 2.75) is 31.1 Å². The Kier molecular flexibility index (Phi) is 3.06. The minimum absolute atomic E-state index is 0.00405. The molecular formula is C13H19NO2. The zero-order chi connectivity index (χ0) is 11.6. The smallest absolute Gasteiger partial charge is 0.122 e. The number of methoxy groups -OCH3 is 1. The number of hydrogen-bond acceptors (Lipinski definition) is 3. The summed E-state index contributed by atoms with van der Waals surface area (Å²) < 4.78 is 5.37. The molecule has 0 aromatic heterocycles. The Morgan fingerprint density at radius 3 is 2.62 bits per heavy atom. The molecule has 1 aromatic rings. The van der Waals surface area contributed by atoms with Gasteiger partial charge in [0.25, 0.3) is 0 Å². The quantitative estimate of drug-likeness (QED) is 0.822. The van der Waals surface area contributed by atoms with Crippen molar-refractivity contribution >= 4 is 0 Å². The fourth-order valence-corrected chi connectivity index (χ4v) is 2.75. The van der Waals surface area contributed by atoms with E-state index in [1.807, 2.05) is 6.07 Å². The van der Waals surface area contributed by atoms with Crippen molar-refractivity contribution in [2.24, 2.45) is 5.73 Å². The Morgan fingerprint density at radius 2 is 2.06 bits per heavy atom. The maximum absolute atomic E-state index is 9.61. The van der Waals surface area contributed by atoms with E-state index < -0.39 is 0 Å². The predicted octanol–water partition coefficient (Wildman–Crippen LogP) is 2.17. The summed E-state index contributed by atoms with van der Waals surface area (Å²) in [5, 5.41) is 9.61. The molecule has 0 saturated heterocycles. The summed E-state index contributed by atoms with van der Waals surface area (Å²) in [6.07, 6.45) is 4.58. The monoisotopic (exact) mass is 221 g/mol. The lowest BCUT2D eigenvalue weighted by Gasteiger charge is -2.29. The number of phenols is 1. The highest BCUT2D eigenvalue weighted by Gasteiger charge is 2.36. The van der Waals surface area contributed by atoms with Gasteiger partial charge in [0.05, 0.1) is 7.11 Å². The number of aromatic hydroxyl groups is 1. The third-order valence-electron chi connectivity index (χ3n) is 3.71. The van der Waals surface area contributed by atoms with E-state index in [-0.39, 0.29) is 11.2 Å². The Balaban J connectivity index is 2.47. The van der Waals surface area contributed by atoms with Gasteiger partial charge in [0.2, 0.25) is 0 Å². The molecule has 0 spiro atoms. The summed E-state index contributed by atoms with van der Waals surface area (Å²) in [6, 6.07) is 5.28. The lowest BCUT2D eigenvalue weighted by Crippen LogP contribution is -2.32.